The minimum absolute atomic E-state index is 0.0689. The van der Waals surface area contributed by atoms with E-state index < -0.39 is 0 Å². The van der Waals surface area contributed by atoms with E-state index >= 15 is 0 Å². The van der Waals surface area contributed by atoms with Gasteiger partial charge in [0.05, 0.1) is 0 Å². The zero-order chi connectivity index (χ0) is 12.5. The highest BCUT2D eigenvalue weighted by Gasteiger charge is 2.44. The minimum atomic E-state index is -0.262. The summed E-state index contributed by atoms with van der Waals surface area (Å²) < 4.78 is 12.8. The SMILES string of the molecule is O=C(Nc1ncn[nH]1)C1CC1c1ccc(F)cc1. The molecule has 1 aliphatic rings. The predicted molar refractivity (Wildman–Crippen MR) is 62.3 cm³/mol. The van der Waals surface area contributed by atoms with Crippen molar-refractivity contribution in [1.29, 1.82) is 0 Å². The maximum Gasteiger partial charge on any atom is 0.230 e. The van der Waals surface area contributed by atoms with E-state index in [-0.39, 0.29) is 23.6 Å². The summed E-state index contributed by atoms with van der Waals surface area (Å²) in [7, 11) is 0. The van der Waals surface area contributed by atoms with Gasteiger partial charge in [-0.25, -0.2) is 9.49 Å². The fourth-order valence-electron chi connectivity index (χ4n) is 2.04. The fraction of sp³-hybridized carbons (Fsp3) is 0.250. The normalized spacial score (nSPS) is 21.6. The number of aromatic nitrogens is 3. The molecule has 5 nitrogen and oxygen atoms in total. The smallest absolute Gasteiger partial charge is 0.230 e. The second-order valence-electron chi connectivity index (χ2n) is 4.32. The molecule has 0 saturated heterocycles. The molecule has 18 heavy (non-hydrogen) atoms. The summed E-state index contributed by atoms with van der Waals surface area (Å²) in [5, 5.41) is 8.87. The first-order valence-electron chi connectivity index (χ1n) is 5.66. The molecule has 2 aromatic rings. The van der Waals surface area contributed by atoms with Gasteiger partial charge in [-0.2, -0.15) is 10.1 Å². The van der Waals surface area contributed by atoms with E-state index in [1.165, 1.54) is 18.5 Å². The van der Waals surface area contributed by atoms with Gasteiger partial charge in [-0.15, -0.1) is 0 Å². The second-order valence-corrected chi connectivity index (χ2v) is 4.32. The number of carbonyl (C=O) groups excluding carboxylic acids is 1. The molecule has 1 heterocycles. The van der Waals surface area contributed by atoms with Gasteiger partial charge in [0, 0.05) is 5.92 Å². The van der Waals surface area contributed by atoms with Gasteiger partial charge in [0.2, 0.25) is 11.9 Å². The van der Waals surface area contributed by atoms with Crippen molar-refractivity contribution in [3.63, 3.8) is 0 Å². The van der Waals surface area contributed by atoms with Crippen LogP contribution in [0.4, 0.5) is 10.3 Å². The highest BCUT2D eigenvalue weighted by Crippen LogP contribution is 2.47. The number of benzene rings is 1. The van der Waals surface area contributed by atoms with Gasteiger partial charge in [0.15, 0.2) is 0 Å². The number of hydrogen-bond acceptors (Lipinski definition) is 3. The number of amides is 1. The van der Waals surface area contributed by atoms with Crippen LogP contribution in [0.25, 0.3) is 0 Å². The van der Waals surface area contributed by atoms with Gasteiger partial charge < -0.3 is 0 Å². The molecule has 2 atom stereocenters. The Morgan fingerprint density at radius 3 is 2.83 bits per heavy atom. The van der Waals surface area contributed by atoms with Crippen LogP contribution >= 0.6 is 0 Å². The lowest BCUT2D eigenvalue weighted by Crippen LogP contribution is -2.15. The van der Waals surface area contributed by atoms with Crippen molar-refractivity contribution >= 4 is 11.9 Å². The maximum absolute atomic E-state index is 12.8. The van der Waals surface area contributed by atoms with E-state index in [4.69, 9.17) is 0 Å². The number of carbonyl (C=O) groups is 1. The summed E-state index contributed by atoms with van der Waals surface area (Å²) in [5.74, 6) is 0.113. The number of halogens is 1. The average Bonchev–Trinajstić information content (AvgIpc) is 3.01. The topological polar surface area (TPSA) is 70.7 Å². The zero-order valence-corrected chi connectivity index (χ0v) is 9.43. The van der Waals surface area contributed by atoms with E-state index in [0.29, 0.717) is 5.95 Å². The third kappa shape index (κ3) is 2.09. The van der Waals surface area contributed by atoms with Crippen molar-refractivity contribution in [3.05, 3.63) is 42.0 Å². The molecule has 1 amide bonds. The Balaban J connectivity index is 1.63. The molecule has 1 fully saturated rings. The lowest BCUT2D eigenvalue weighted by molar-refractivity contribution is -0.117. The molecule has 6 heteroatoms. The second kappa shape index (κ2) is 4.21. The van der Waals surface area contributed by atoms with Crippen molar-refractivity contribution in [2.24, 2.45) is 5.92 Å². The van der Waals surface area contributed by atoms with Crippen molar-refractivity contribution in [2.45, 2.75) is 12.3 Å². The molecular formula is C12H11FN4O. The molecule has 0 spiro atoms. The van der Waals surface area contributed by atoms with Gasteiger partial charge in [-0.3, -0.25) is 10.1 Å². The maximum atomic E-state index is 12.8. The van der Waals surface area contributed by atoms with Crippen LogP contribution in [-0.4, -0.2) is 21.1 Å². The molecule has 0 radical (unpaired) electrons. The first-order valence-corrected chi connectivity index (χ1v) is 5.66. The van der Waals surface area contributed by atoms with E-state index in [0.717, 1.165) is 12.0 Å². The summed E-state index contributed by atoms with van der Waals surface area (Å²) in [4.78, 5) is 15.7. The Labute approximate surface area is 102 Å². The molecule has 2 N–H and O–H groups in total. The largest absolute Gasteiger partial charge is 0.295 e. The van der Waals surface area contributed by atoms with Crippen LogP contribution in [0.3, 0.4) is 0 Å². The number of rotatable bonds is 3. The van der Waals surface area contributed by atoms with Crippen molar-refractivity contribution in [1.82, 2.24) is 15.2 Å². The standard InChI is InChI=1S/C12H11FN4O/c13-8-3-1-7(2-4-8)9-5-10(9)11(18)16-12-14-6-15-17-12/h1-4,6,9-10H,5H2,(H2,14,15,16,17,18). The van der Waals surface area contributed by atoms with Gasteiger partial charge in [-0.1, -0.05) is 12.1 Å². The van der Waals surface area contributed by atoms with Crippen LogP contribution in [0.1, 0.15) is 17.9 Å². The number of nitrogens with zero attached hydrogens (tertiary/aromatic N) is 2. The molecular weight excluding hydrogens is 235 g/mol. The van der Waals surface area contributed by atoms with E-state index in [9.17, 15) is 9.18 Å². The number of H-pyrrole nitrogens is 1. The Morgan fingerprint density at radius 1 is 1.39 bits per heavy atom. The summed E-state index contributed by atoms with van der Waals surface area (Å²) in [6, 6.07) is 6.28. The number of nitrogens with one attached hydrogen (secondary N) is 2. The first kappa shape index (κ1) is 10.9. The highest BCUT2D eigenvalue weighted by atomic mass is 19.1. The van der Waals surface area contributed by atoms with Crippen LogP contribution < -0.4 is 5.32 Å². The lowest BCUT2D eigenvalue weighted by atomic mass is 10.1. The Hall–Kier alpha value is -2.24. The molecule has 1 aliphatic carbocycles. The van der Waals surface area contributed by atoms with Crippen molar-refractivity contribution in [3.8, 4) is 0 Å². The van der Waals surface area contributed by atoms with Crippen LogP contribution in [-0.2, 0) is 4.79 Å². The predicted octanol–water partition coefficient (Wildman–Crippen LogP) is 1.69. The minimum Gasteiger partial charge on any atom is -0.295 e. The molecule has 0 bridgehead atoms. The molecule has 2 unspecified atom stereocenters. The van der Waals surface area contributed by atoms with Crippen molar-refractivity contribution in [2.75, 3.05) is 5.32 Å². The summed E-state index contributed by atoms with van der Waals surface area (Å²) in [6.07, 6.45) is 2.12. The Bertz CT molecular complexity index is 552. The van der Waals surface area contributed by atoms with Crippen LogP contribution in [0.2, 0.25) is 0 Å². The van der Waals surface area contributed by atoms with Crippen LogP contribution in [0.15, 0.2) is 30.6 Å². The molecule has 92 valence electrons. The van der Waals surface area contributed by atoms with Crippen LogP contribution in [0.5, 0.6) is 0 Å². The zero-order valence-electron chi connectivity index (χ0n) is 9.43. The molecule has 1 aromatic heterocycles. The van der Waals surface area contributed by atoms with E-state index in [1.807, 2.05) is 0 Å². The molecule has 0 aliphatic heterocycles. The van der Waals surface area contributed by atoms with Gasteiger partial charge in [0.1, 0.15) is 12.1 Å². The fourth-order valence-corrected chi connectivity index (χ4v) is 2.04. The van der Waals surface area contributed by atoms with E-state index in [2.05, 4.69) is 20.5 Å². The van der Waals surface area contributed by atoms with E-state index in [1.54, 1.807) is 12.1 Å². The first-order chi connectivity index (χ1) is 8.74. The van der Waals surface area contributed by atoms with Crippen molar-refractivity contribution < 1.29 is 9.18 Å². The van der Waals surface area contributed by atoms with Crippen LogP contribution in [0, 0.1) is 11.7 Å². The third-order valence-corrected chi connectivity index (χ3v) is 3.08. The summed E-state index contributed by atoms with van der Waals surface area (Å²) in [5.41, 5.74) is 0.995. The van der Waals surface area contributed by atoms with Gasteiger partial charge in [0.25, 0.3) is 0 Å². The van der Waals surface area contributed by atoms with Gasteiger partial charge in [-0.05, 0) is 30.0 Å². The molecule has 1 saturated carbocycles. The summed E-state index contributed by atoms with van der Waals surface area (Å²) >= 11 is 0. The summed E-state index contributed by atoms with van der Waals surface area (Å²) in [6.45, 7) is 0. The molecule has 3 rings (SSSR count). The number of aromatic amines is 1. The molecule has 1 aromatic carbocycles. The lowest BCUT2D eigenvalue weighted by Gasteiger charge is -2.01. The Morgan fingerprint density at radius 2 is 2.17 bits per heavy atom. The third-order valence-electron chi connectivity index (χ3n) is 3.08. The monoisotopic (exact) mass is 246 g/mol. The number of anilines is 1. The van der Waals surface area contributed by atoms with Gasteiger partial charge >= 0.3 is 0 Å². The quantitative estimate of drug-likeness (QED) is 0.865. The average molecular weight is 246 g/mol. The highest BCUT2D eigenvalue weighted by molar-refractivity contribution is 5.93. The number of hydrogen-bond donors (Lipinski definition) is 2. The Kier molecular flexibility index (Phi) is 2.55.